The van der Waals surface area contributed by atoms with Gasteiger partial charge in [0, 0.05) is 11.8 Å². The summed E-state index contributed by atoms with van der Waals surface area (Å²) in [6.07, 6.45) is -2.29. The van der Waals surface area contributed by atoms with E-state index < -0.39 is 36.8 Å². The first-order chi connectivity index (χ1) is 9.53. The van der Waals surface area contributed by atoms with Crippen molar-refractivity contribution in [3.63, 3.8) is 0 Å². The quantitative estimate of drug-likeness (QED) is 0.413. The Kier molecular flexibility index (Phi) is 4.16. The number of rotatable bonds is 4. The van der Waals surface area contributed by atoms with E-state index in [0.29, 0.717) is 5.56 Å². The molecule has 2 unspecified atom stereocenters. The molecule has 0 aromatic carbocycles. The summed E-state index contributed by atoms with van der Waals surface area (Å²) in [5.41, 5.74) is 1.25. The number of hydrogen-bond donors (Lipinski definition) is 5. The smallest absolute Gasteiger partial charge is 0.351 e. The lowest BCUT2D eigenvalue weighted by Crippen LogP contribution is -2.36. The summed E-state index contributed by atoms with van der Waals surface area (Å²) in [7, 11) is 0. The van der Waals surface area contributed by atoms with Crippen LogP contribution in [0.25, 0.3) is 6.08 Å². The molecular formula is C11H15N3O6. The maximum Gasteiger partial charge on any atom is 0.351 e. The molecule has 0 saturated carbocycles. The number of ether oxygens (including phenoxy) is 1. The average Bonchev–Trinajstić information content (AvgIpc) is 2.74. The van der Waals surface area contributed by atoms with Gasteiger partial charge in [0.25, 0.3) is 0 Å². The highest BCUT2D eigenvalue weighted by Crippen LogP contribution is 2.28. The van der Waals surface area contributed by atoms with Crippen LogP contribution in [0.5, 0.6) is 0 Å². The second-order valence-corrected chi connectivity index (χ2v) is 4.28. The maximum absolute atomic E-state index is 11.8. The second kappa shape index (κ2) is 5.69. The van der Waals surface area contributed by atoms with Gasteiger partial charge in [0.1, 0.15) is 18.3 Å². The summed E-state index contributed by atoms with van der Waals surface area (Å²) in [6, 6.07) is 0. The molecule has 0 spiro atoms. The van der Waals surface area contributed by atoms with Crippen LogP contribution in [0.4, 0.5) is 5.82 Å². The van der Waals surface area contributed by atoms with Crippen LogP contribution >= 0.6 is 0 Å². The lowest BCUT2D eigenvalue weighted by atomic mass is 10.1. The molecule has 2 heterocycles. The molecule has 9 heteroatoms. The molecule has 1 saturated heterocycles. The van der Waals surface area contributed by atoms with Gasteiger partial charge in [0.05, 0.1) is 6.61 Å². The van der Waals surface area contributed by atoms with E-state index in [1.807, 2.05) is 0 Å². The predicted octanol–water partition coefficient (Wildman–Crippen LogP) is -1.70. The normalized spacial score (nSPS) is 29.4. The number of aliphatic hydroxyl groups excluding tert-OH is 3. The van der Waals surface area contributed by atoms with Crippen molar-refractivity contribution in [2.75, 3.05) is 12.1 Å². The van der Waals surface area contributed by atoms with Crippen molar-refractivity contribution in [3.05, 3.63) is 28.8 Å². The van der Waals surface area contributed by atoms with Crippen LogP contribution in [0.1, 0.15) is 11.8 Å². The van der Waals surface area contributed by atoms with Crippen molar-refractivity contribution in [1.82, 2.24) is 9.55 Å². The number of aromatic nitrogens is 2. The van der Waals surface area contributed by atoms with E-state index in [9.17, 15) is 15.0 Å². The van der Waals surface area contributed by atoms with Crippen LogP contribution in [-0.2, 0) is 4.74 Å². The highest BCUT2D eigenvalue weighted by molar-refractivity contribution is 5.59. The Morgan fingerprint density at radius 2 is 2.20 bits per heavy atom. The summed E-state index contributed by atoms with van der Waals surface area (Å²) in [5.74, 6) is -0.0898. The van der Waals surface area contributed by atoms with Crippen LogP contribution < -0.4 is 11.2 Å². The van der Waals surface area contributed by atoms with E-state index in [-0.39, 0.29) is 5.82 Å². The maximum atomic E-state index is 11.8. The molecule has 0 bridgehead atoms. The minimum Gasteiger partial charge on any atom is -0.394 e. The molecule has 0 amide bonds. The van der Waals surface area contributed by atoms with Gasteiger partial charge in [-0.1, -0.05) is 12.7 Å². The Morgan fingerprint density at radius 1 is 1.50 bits per heavy atom. The SMILES string of the molecule is C=Cc1cn([C@@H]2O[C@H](CO)C(O)C2O)c(=O)nc1NO. The van der Waals surface area contributed by atoms with Crippen LogP contribution in [0, 0.1) is 0 Å². The van der Waals surface area contributed by atoms with Gasteiger partial charge >= 0.3 is 5.69 Å². The summed E-state index contributed by atoms with van der Waals surface area (Å²) in [4.78, 5) is 15.4. The fourth-order valence-electron chi connectivity index (χ4n) is 2.02. The summed E-state index contributed by atoms with van der Waals surface area (Å²) in [6.45, 7) is 3.00. The van der Waals surface area contributed by atoms with E-state index in [2.05, 4.69) is 11.6 Å². The Labute approximate surface area is 113 Å². The summed E-state index contributed by atoms with van der Waals surface area (Å²) >= 11 is 0. The third-order valence-electron chi connectivity index (χ3n) is 3.10. The largest absolute Gasteiger partial charge is 0.394 e. The average molecular weight is 285 g/mol. The molecule has 2 rings (SSSR count). The molecule has 5 N–H and O–H groups in total. The van der Waals surface area contributed by atoms with Crippen molar-refractivity contribution in [3.8, 4) is 0 Å². The second-order valence-electron chi connectivity index (χ2n) is 4.28. The molecule has 110 valence electrons. The van der Waals surface area contributed by atoms with E-state index in [4.69, 9.17) is 15.1 Å². The van der Waals surface area contributed by atoms with Gasteiger partial charge in [-0.25, -0.2) is 4.79 Å². The Morgan fingerprint density at radius 3 is 2.70 bits per heavy atom. The van der Waals surface area contributed by atoms with Gasteiger partial charge in [-0.05, 0) is 0 Å². The van der Waals surface area contributed by atoms with E-state index >= 15 is 0 Å². The number of aliphatic hydroxyl groups is 3. The Balaban J connectivity index is 2.43. The molecule has 4 atom stereocenters. The molecule has 0 radical (unpaired) electrons. The monoisotopic (exact) mass is 285 g/mol. The van der Waals surface area contributed by atoms with Gasteiger partial charge < -0.3 is 20.1 Å². The highest BCUT2D eigenvalue weighted by Gasteiger charge is 2.43. The molecule has 1 aliphatic heterocycles. The topological polar surface area (TPSA) is 137 Å². The van der Waals surface area contributed by atoms with Crippen molar-refractivity contribution in [2.45, 2.75) is 24.5 Å². The fourth-order valence-corrected chi connectivity index (χ4v) is 2.02. The van der Waals surface area contributed by atoms with Gasteiger partial charge in [-0.3, -0.25) is 15.3 Å². The van der Waals surface area contributed by atoms with E-state index in [0.717, 1.165) is 4.57 Å². The van der Waals surface area contributed by atoms with Crippen LogP contribution in [-0.4, -0.2) is 55.0 Å². The Bertz CT molecular complexity index is 560. The molecule has 9 nitrogen and oxygen atoms in total. The third-order valence-corrected chi connectivity index (χ3v) is 3.10. The number of anilines is 1. The standard InChI is InChI=1S/C11H15N3O6/c1-2-5-3-14(11(18)12-9(5)13-19)10-8(17)7(16)6(4-15)20-10/h2-3,6-8,10,15-17,19H,1,4H2,(H,12,13,18)/t6-,7?,8?,10-/m1/s1. The summed E-state index contributed by atoms with van der Waals surface area (Å²) < 4.78 is 6.19. The molecule has 20 heavy (non-hydrogen) atoms. The molecule has 1 aliphatic rings. The molecular weight excluding hydrogens is 270 g/mol. The molecule has 1 fully saturated rings. The van der Waals surface area contributed by atoms with Crippen molar-refractivity contribution < 1.29 is 25.3 Å². The van der Waals surface area contributed by atoms with E-state index in [1.165, 1.54) is 12.3 Å². The van der Waals surface area contributed by atoms with Gasteiger partial charge in [0.2, 0.25) is 0 Å². The zero-order valence-corrected chi connectivity index (χ0v) is 10.4. The first-order valence-corrected chi connectivity index (χ1v) is 5.81. The number of nitrogens with zero attached hydrogens (tertiary/aromatic N) is 2. The predicted molar refractivity (Wildman–Crippen MR) is 67.0 cm³/mol. The third kappa shape index (κ3) is 2.32. The number of nitrogens with one attached hydrogen (secondary N) is 1. The molecule has 1 aromatic rings. The van der Waals surface area contributed by atoms with E-state index in [1.54, 1.807) is 5.48 Å². The van der Waals surface area contributed by atoms with Crippen molar-refractivity contribution >= 4 is 11.9 Å². The zero-order chi connectivity index (χ0) is 14.9. The Hall–Kier alpha value is -1.78. The van der Waals surface area contributed by atoms with Crippen LogP contribution in [0.2, 0.25) is 0 Å². The fraction of sp³-hybridized carbons (Fsp3) is 0.455. The minimum absolute atomic E-state index is 0.0898. The van der Waals surface area contributed by atoms with Crippen molar-refractivity contribution in [2.24, 2.45) is 0 Å². The lowest BCUT2D eigenvalue weighted by molar-refractivity contribution is -0.0549. The van der Waals surface area contributed by atoms with Gasteiger partial charge in [-0.15, -0.1) is 0 Å². The zero-order valence-electron chi connectivity index (χ0n) is 10.4. The van der Waals surface area contributed by atoms with Crippen LogP contribution in [0.3, 0.4) is 0 Å². The van der Waals surface area contributed by atoms with Crippen LogP contribution in [0.15, 0.2) is 17.6 Å². The summed E-state index contributed by atoms with van der Waals surface area (Å²) in [5, 5.41) is 37.4. The lowest BCUT2D eigenvalue weighted by Gasteiger charge is -2.18. The first-order valence-electron chi connectivity index (χ1n) is 5.81. The minimum atomic E-state index is -1.39. The van der Waals surface area contributed by atoms with Crippen molar-refractivity contribution in [1.29, 1.82) is 0 Å². The molecule has 0 aliphatic carbocycles. The molecule has 1 aromatic heterocycles. The highest BCUT2D eigenvalue weighted by atomic mass is 16.6. The number of hydrogen-bond acceptors (Lipinski definition) is 8. The first kappa shape index (κ1) is 14.6. The van der Waals surface area contributed by atoms with Gasteiger partial charge in [-0.2, -0.15) is 4.98 Å². The van der Waals surface area contributed by atoms with Gasteiger partial charge in [0.15, 0.2) is 12.0 Å².